The number of anilines is 1. The molecule has 4 nitrogen and oxygen atoms in total. The minimum atomic E-state index is -0.964. The number of rotatable bonds is 5. The molecule has 0 aliphatic carbocycles. The summed E-state index contributed by atoms with van der Waals surface area (Å²) in [6.45, 7) is 5.86. The fourth-order valence-electron chi connectivity index (χ4n) is 2.18. The molecule has 0 saturated carbocycles. The summed E-state index contributed by atoms with van der Waals surface area (Å²) in [6, 6.07) is 1.79. The first kappa shape index (κ1) is 13.9. The van der Waals surface area contributed by atoms with Gasteiger partial charge in [0.25, 0.3) is 0 Å². The van der Waals surface area contributed by atoms with Crippen molar-refractivity contribution in [3.8, 4) is 0 Å². The summed E-state index contributed by atoms with van der Waals surface area (Å²) in [4.78, 5) is 3.96. The van der Waals surface area contributed by atoms with Crippen LogP contribution in [0, 0.1) is 12.8 Å². The van der Waals surface area contributed by atoms with Crippen molar-refractivity contribution in [1.82, 2.24) is 4.98 Å². The van der Waals surface area contributed by atoms with Crippen molar-refractivity contribution in [3.05, 3.63) is 23.4 Å². The largest absolute Gasteiger partial charge is 0.390 e. The van der Waals surface area contributed by atoms with E-state index in [1.165, 1.54) is 0 Å². The Morgan fingerprint density at radius 3 is 2.35 bits per heavy atom. The first-order chi connectivity index (χ1) is 8.02. The van der Waals surface area contributed by atoms with E-state index in [4.69, 9.17) is 5.73 Å². The first-order valence-electron chi connectivity index (χ1n) is 6.09. The van der Waals surface area contributed by atoms with E-state index < -0.39 is 12.2 Å². The summed E-state index contributed by atoms with van der Waals surface area (Å²) in [5.41, 5.74) is 7.17. The van der Waals surface area contributed by atoms with Crippen molar-refractivity contribution >= 4 is 5.82 Å². The van der Waals surface area contributed by atoms with Gasteiger partial charge in [0, 0.05) is 11.8 Å². The Kier molecular flexibility index (Phi) is 4.90. The summed E-state index contributed by atoms with van der Waals surface area (Å²) in [7, 11) is 0. The van der Waals surface area contributed by atoms with E-state index >= 15 is 0 Å². The van der Waals surface area contributed by atoms with E-state index in [1.807, 2.05) is 20.8 Å². The number of aliphatic hydroxyl groups excluding tert-OH is 2. The summed E-state index contributed by atoms with van der Waals surface area (Å²) >= 11 is 0. The van der Waals surface area contributed by atoms with Gasteiger partial charge in [0.05, 0.1) is 6.10 Å². The van der Waals surface area contributed by atoms with Crippen LogP contribution in [0.4, 0.5) is 5.82 Å². The van der Waals surface area contributed by atoms with E-state index in [1.54, 1.807) is 12.3 Å². The third kappa shape index (κ3) is 2.96. The molecule has 2 unspecified atom stereocenters. The maximum absolute atomic E-state index is 10.2. The van der Waals surface area contributed by atoms with Gasteiger partial charge in [0.2, 0.25) is 0 Å². The van der Waals surface area contributed by atoms with Gasteiger partial charge in [-0.3, -0.25) is 0 Å². The fraction of sp³-hybridized carbons (Fsp3) is 0.615. The molecular weight excluding hydrogens is 216 g/mol. The van der Waals surface area contributed by atoms with Crippen molar-refractivity contribution in [2.45, 2.75) is 45.8 Å². The van der Waals surface area contributed by atoms with E-state index in [9.17, 15) is 10.2 Å². The Morgan fingerprint density at radius 1 is 1.29 bits per heavy atom. The molecule has 4 N–H and O–H groups in total. The molecule has 0 radical (unpaired) electrons. The zero-order chi connectivity index (χ0) is 13.0. The van der Waals surface area contributed by atoms with Gasteiger partial charge in [-0.1, -0.05) is 26.7 Å². The number of nitrogens with two attached hydrogens (primary N) is 1. The Labute approximate surface area is 102 Å². The Bertz CT molecular complexity index is 344. The van der Waals surface area contributed by atoms with Gasteiger partial charge in [-0.05, 0) is 24.5 Å². The van der Waals surface area contributed by atoms with Crippen molar-refractivity contribution in [3.63, 3.8) is 0 Å². The van der Waals surface area contributed by atoms with Gasteiger partial charge in [0.1, 0.15) is 11.9 Å². The second kappa shape index (κ2) is 5.98. The van der Waals surface area contributed by atoms with Crippen molar-refractivity contribution in [1.29, 1.82) is 0 Å². The lowest BCUT2D eigenvalue weighted by molar-refractivity contribution is -0.0210. The number of aromatic nitrogens is 1. The molecule has 0 fully saturated rings. The van der Waals surface area contributed by atoms with Gasteiger partial charge in [-0.25, -0.2) is 4.98 Å². The Hall–Kier alpha value is -1.13. The number of pyridine rings is 1. The number of hydrogen-bond acceptors (Lipinski definition) is 4. The smallest absolute Gasteiger partial charge is 0.129 e. The molecule has 1 heterocycles. The standard InChI is InChI=1S/C13H22N2O2/c1-4-9(5-2)11(16)12(17)10-8(3)6-7-15-13(10)14/h6-7,9,11-12,16-17H,4-5H2,1-3H3,(H2,14,15). The first-order valence-corrected chi connectivity index (χ1v) is 6.09. The molecule has 0 spiro atoms. The average molecular weight is 238 g/mol. The van der Waals surface area contributed by atoms with E-state index in [0.717, 1.165) is 18.4 Å². The highest BCUT2D eigenvalue weighted by atomic mass is 16.3. The van der Waals surface area contributed by atoms with Crippen LogP contribution >= 0.6 is 0 Å². The molecule has 2 atom stereocenters. The maximum Gasteiger partial charge on any atom is 0.129 e. The molecule has 4 heteroatoms. The molecule has 0 aliphatic heterocycles. The predicted molar refractivity (Wildman–Crippen MR) is 68.4 cm³/mol. The van der Waals surface area contributed by atoms with Gasteiger partial charge in [0.15, 0.2) is 0 Å². The van der Waals surface area contributed by atoms with Crippen LogP contribution in [-0.2, 0) is 0 Å². The number of nitrogens with zero attached hydrogens (tertiary/aromatic N) is 1. The van der Waals surface area contributed by atoms with Crippen LogP contribution in [0.3, 0.4) is 0 Å². The Morgan fingerprint density at radius 2 is 1.88 bits per heavy atom. The van der Waals surface area contributed by atoms with Crippen molar-refractivity contribution in [2.75, 3.05) is 5.73 Å². The monoisotopic (exact) mass is 238 g/mol. The zero-order valence-electron chi connectivity index (χ0n) is 10.7. The van der Waals surface area contributed by atoms with Crippen LogP contribution in [0.5, 0.6) is 0 Å². The normalized spacial score (nSPS) is 14.9. The predicted octanol–water partition coefficient (Wildman–Crippen LogP) is 1.80. The molecule has 96 valence electrons. The lowest BCUT2D eigenvalue weighted by Crippen LogP contribution is -2.28. The maximum atomic E-state index is 10.2. The minimum absolute atomic E-state index is 0.0732. The number of aryl methyl sites for hydroxylation is 1. The highest BCUT2D eigenvalue weighted by Crippen LogP contribution is 2.30. The topological polar surface area (TPSA) is 79.4 Å². The lowest BCUT2D eigenvalue weighted by Gasteiger charge is -2.26. The number of nitrogen functional groups attached to an aromatic ring is 1. The fourth-order valence-corrected chi connectivity index (χ4v) is 2.18. The number of aliphatic hydroxyl groups is 2. The second-order valence-electron chi connectivity index (χ2n) is 4.44. The van der Waals surface area contributed by atoms with Crippen LogP contribution in [-0.4, -0.2) is 21.3 Å². The molecule has 1 aromatic heterocycles. The SMILES string of the molecule is CCC(CC)C(O)C(O)c1c(C)ccnc1N. The summed E-state index contributed by atoms with van der Waals surface area (Å²) in [5, 5.41) is 20.4. The van der Waals surface area contributed by atoms with E-state index in [2.05, 4.69) is 4.98 Å². The van der Waals surface area contributed by atoms with Gasteiger partial charge < -0.3 is 15.9 Å². The summed E-state index contributed by atoms with van der Waals surface area (Å²) < 4.78 is 0. The molecule has 1 aromatic rings. The van der Waals surface area contributed by atoms with Gasteiger partial charge in [-0.15, -0.1) is 0 Å². The van der Waals surface area contributed by atoms with Crippen LogP contribution in [0.2, 0.25) is 0 Å². The zero-order valence-corrected chi connectivity index (χ0v) is 10.7. The van der Waals surface area contributed by atoms with Crippen molar-refractivity contribution < 1.29 is 10.2 Å². The van der Waals surface area contributed by atoms with E-state index in [-0.39, 0.29) is 5.92 Å². The molecule has 17 heavy (non-hydrogen) atoms. The van der Waals surface area contributed by atoms with Crippen LogP contribution < -0.4 is 5.73 Å². The van der Waals surface area contributed by atoms with Crippen LogP contribution in [0.25, 0.3) is 0 Å². The molecule has 0 amide bonds. The van der Waals surface area contributed by atoms with Crippen LogP contribution in [0.15, 0.2) is 12.3 Å². The minimum Gasteiger partial charge on any atom is -0.390 e. The molecule has 0 bridgehead atoms. The van der Waals surface area contributed by atoms with Crippen LogP contribution in [0.1, 0.15) is 43.9 Å². The third-order valence-corrected chi connectivity index (χ3v) is 3.39. The molecule has 0 saturated heterocycles. The highest BCUT2D eigenvalue weighted by Gasteiger charge is 2.27. The quantitative estimate of drug-likeness (QED) is 0.731. The third-order valence-electron chi connectivity index (χ3n) is 3.39. The number of hydrogen-bond donors (Lipinski definition) is 3. The molecule has 0 aliphatic rings. The summed E-state index contributed by atoms with van der Waals surface area (Å²) in [5.74, 6) is 0.367. The second-order valence-corrected chi connectivity index (χ2v) is 4.44. The lowest BCUT2D eigenvalue weighted by atomic mass is 9.88. The molecular formula is C13H22N2O2. The van der Waals surface area contributed by atoms with Crippen molar-refractivity contribution in [2.24, 2.45) is 5.92 Å². The molecule has 1 rings (SSSR count). The molecule has 0 aromatic carbocycles. The highest BCUT2D eigenvalue weighted by molar-refractivity contribution is 5.45. The average Bonchev–Trinajstić information content (AvgIpc) is 2.30. The van der Waals surface area contributed by atoms with E-state index in [0.29, 0.717) is 11.4 Å². The Balaban J connectivity index is 2.99. The van der Waals surface area contributed by atoms with Gasteiger partial charge in [-0.2, -0.15) is 0 Å². The summed E-state index contributed by atoms with van der Waals surface area (Å²) in [6.07, 6.45) is 1.50. The van der Waals surface area contributed by atoms with Gasteiger partial charge >= 0.3 is 0 Å².